The summed E-state index contributed by atoms with van der Waals surface area (Å²) < 4.78 is 5.36. The number of hydrogen-bond acceptors (Lipinski definition) is 4. The van der Waals surface area contributed by atoms with Crippen LogP contribution >= 0.6 is 24.8 Å². The van der Waals surface area contributed by atoms with Crippen molar-refractivity contribution in [2.75, 3.05) is 39.4 Å². The Morgan fingerprint density at radius 2 is 2.05 bits per heavy atom. The van der Waals surface area contributed by atoms with E-state index in [1.165, 1.54) is 0 Å². The van der Waals surface area contributed by atoms with Gasteiger partial charge in [0.05, 0.1) is 5.41 Å². The summed E-state index contributed by atoms with van der Waals surface area (Å²) in [6.07, 6.45) is 3.75. The number of nitrogens with two attached hydrogens (primary N) is 1. The van der Waals surface area contributed by atoms with E-state index in [2.05, 4.69) is 17.1 Å². The van der Waals surface area contributed by atoms with Gasteiger partial charge in [0.15, 0.2) is 0 Å². The van der Waals surface area contributed by atoms with Crippen molar-refractivity contribution < 1.29 is 9.53 Å². The van der Waals surface area contributed by atoms with Crippen molar-refractivity contribution in [3.8, 4) is 0 Å². The van der Waals surface area contributed by atoms with Crippen LogP contribution in [0.1, 0.15) is 32.6 Å². The molecule has 2 aliphatic rings. The molecule has 2 fully saturated rings. The number of carbonyl (C=O) groups is 1. The number of carbonyl (C=O) groups excluding carboxylic acids is 1. The van der Waals surface area contributed by atoms with E-state index < -0.39 is 5.41 Å². The molecular weight excluding hydrogens is 313 g/mol. The summed E-state index contributed by atoms with van der Waals surface area (Å²) in [7, 11) is 0. The number of piperidine rings is 1. The Morgan fingerprint density at radius 3 is 2.62 bits per heavy atom. The lowest BCUT2D eigenvalue weighted by Gasteiger charge is -2.38. The summed E-state index contributed by atoms with van der Waals surface area (Å²) in [4.78, 5) is 14.9. The van der Waals surface area contributed by atoms with Crippen molar-refractivity contribution in [1.82, 2.24) is 10.2 Å². The van der Waals surface area contributed by atoms with Gasteiger partial charge < -0.3 is 20.7 Å². The zero-order valence-electron chi connectivity index (χ0n) is 12.8. The fourth-order valence-electron chi connectivity index (χ4n) is 3.09. The molecule has 0 aromatic heterocycles. The van der Waals surface area contributed by atoms with E-state index in [0.29, 0.717) is 19.8 Å². The molecule has 1 atom stereocenters. The van der Waals surface area contributed by atoms with Crippen LogP contribution in [0.2, 0.25) is 0 Å². The fourth-order valence-corrected chi connectivity index (χ4v) is 3.09. The third kappa shape index (κ3) is 5.25. The standard InChI is InChI=1S/C14H27N3O2.2ClH/c1-2-17-7-3-4-12(10-17)16-13(18)14(11-15)5-8-19-9-6-14;;/h12H,2-11,15H2,1H3,(H,16,18);2*1H. The SMILES string of the molecule is CCN1CCCC(NC(=O)C2(CN)CCOCC2)C1.Cl.Cl. The van der Waals surface area contributed by atoms with E-state index >= 15 is 0 Å². The monoisotopic (exact) mass is 341 g/mol. The van der Waals surface area contributed by atoms with Crippen LogP contribution in [0.25, 0.3) is 0 Å². The van der Waals surface area contributed by atoms with Crippen LogP contribution in [-0.4, -0.2) is 56.2 Å². The molecule has 0 saturated carbocycles. The molecule has 0 aliphatic carbocycles. The van der Waals surface area contributed by atoms with Gasteiger partial charge in [-0.25, -0.2) is 0 Å². The number of hydrogen-bond donors (Lipinski definition) is 2. The number of ether oxygens (including phenoxy) is 1. The van der Waals surface area contributed by atoms with Crippen LogP contribution in [0, 0.1) is 5.41 Å². The molecule has 2 saturated heterocycles. The van der Waals surface area contributed by atoms with Gasteiger partial charge in [-0.1, -0.05) is 6.92 Å². The van der Waals surface area contributed by atoms with Crippen molar-refractivity contribution in [3.63, 3.8) is 0 Å². The molecule has 0 spiro atoms. The van der Waals surface area contributed by atoms with Crippen LogP contribution in [0.5, 0.6) is 0 Å². The first-order valence-corrected chi connectivity index (χ1v) is 7.51. The van der Waals surface area contributed by atoms with E-state index in [1.807, 2.05) is 0 Å². The molecule has 7 heteroatoms. The van der Waals surface area contributed by atoms with Gasteiger partial charge in [0.2, 0.25) is 5.91 Å². The molecule has 1 amide bonds. The van der Waals surface area contributed by atoms with Gasteiger partial charge >= 0.3 is 0 Å². The third-order valence-electron chi connectivity index (χ3n) is 4.61. The molecule has 5 nitrogen and oxygen atoms in total. The van der Waals surface area contributed by atoms with Crippen molar-refractivity contribution in [1.29, 1.82) is 0 Å². The minimum atomic E-state index is -0.396. The van der Waals surface area contributed by atoms with Crippen molar-refractivity contribution in [2.24, 2.45) is 11.1 Å². The first-order chi connectivity index (χ1) is 9.20. The smallest absolute Gasteiger partial charge is 0.227 e. The summed E-state index contributed by atoms with van der Waals surface area (Å²) in [5, 5.41) is 3.23. The first-order valence-electron chi connectivity index (χ1n) is 7.51. The zero-order chi connectivity index (χ0) is 13.7. The van der Waals surface area contributed by atoms with Gasteiger partial charge in [0, 0.05) is 32.3 Å². The van der Waals surface area contributed by atoms with Gasteiger partial charge in [-0.2, -0.15) is 0 Å². The maximum absolute atomic E-state index is 12.5. The quantitative estimate of drug-likeness (QED) is 0.805. The highest BCUT2D eigenvalue weighted by atomic mass is 35.5. The minimum Gasteiger partial charge on any atom is -0.381 e. The normalized spacial score (nSPS) is 25.3. The second kappa shape index (κ2) is 9.85. The fraction of sp³-hybridized carbons (Fsp3) is 0.929. The number of nitrogens with zero attached hydrogens (tertiary/aromatic N) is 1. The molecule has 2 aliphatic heterocycles. The minimum absolute atomic E-state index is 0. The molecule has 0 bridgehead atoms. The third-order valence-corrected chi connectivity index (χ3v) is 4.61. The van der Waals surface area contributed by atoms with Crippen LogP contribution in [0.4, 0.5) is 0 Å². The van der Waals surface area contributed by atoms with Crippen molar-refractivity contribution in [3.05, 3.63) is 0 Å². The topological polar surface area (TPSA) is 67.6 Å². The highest BCUT2D eigenvalue weighted by Crippen LogP contribution is 2.30. The van der Waals surface area contributed by atoms with E-state index in [0.717, 1.165) is 45.3 Å². The zero-order valence-corrected chi connectivity index (χ0v) is 14.4. The number of rotatable bonds is 4. The Kier molecular flexibility index (Phi) is 9.81. The van der Waals surface area contributed by atoms with Gasteiger partial charge in [0.1, 0.15) is 0 Å². The Bertz CT molecular complexity index is 313. The molecule has 3 N–H and O–H groups in total. The van der Waals surface area contributed by atoms with Crippen LogP contribution in [-0.2, 0) is 9.53 Å². The highest BCUT2D eigenvalue weighted by Gasteiger charge is 2.39. The number of halogens is 2. The van der Waals surface area contributed by atoms with Crippen molar-refractivity contribution >= 4 is 30.7 Å². The largest absolute Gasteiger partial charge is 0.381 e. The molecule has 2 heterocycles. The summed E-state index contributed by atoms with van der Waals surface area (Å²) in [5.41, 5.74) is 5.47. The predicted molar refractivity (Wildman–Crippen MR) is 89.3 cm³/mol. The highest BCUT2D eigenvalue weighted by molar-refractivity contribution is 5.85. The van der Waals surface area contributed by atoms with Crippen LogP contribution in [0.15, 0.2) is 0 Å². The lowest BCUT2D eigenvalue weighted by Crippen LogP contribution is -2.55. The molecule has 2 rings (SSSR count). The molecule has 1 unspecified atom stereocenters. The molecule has 0 aromatic rings. The average molecular weight is 342 g/mol. The number of likely N-dealkylation sites (N-methyl/N-ethyl adjacent to an activating group) is 1. The lowest BCUT2D eigenvalue weighted by molar-refractivity contribution is -0.137. The molecule has 126 valence electrons. The van der Waals surface area contributed by atoms with E-state index in [-0.39, 0.29) is 36.8 Å². The second-order valence-electron chi connectivity index (χ2n) is 5.80. The lowest BCUT2D eigenvalue weighted by atomic mass is 9.79. The summed E-state index contributed by atoms with van der Waals surface area (Å²) in [6, 6.07) is 0.285. The Hall–Kier alpha value is -0.0700. The Balaban J connectivity index is 0.00000200. The molecule has 21 heavy (non-hydrogen) atoms. The predicted octanol–water partition coefficient (Wildman–Crippen LogP) is 1.19. The van der Waals surface area contributed by atoms with Gasteiger partial charge in [-0.15, -0.1) is 24.8 Å². The first kappa shape index (κ1) is 20.9. The molecular formula is C14H29Cl2N3O2. The summed E-state index contributed by atoms with van der Waals surface area (Å²) >= 11 is 0. The molecule has 0 radical (unpaired) electrons. The summed E-state index contributed by atoms with van der Waals surface area (Å²) in [5.74, 6) is 0.140. The number of likely N-dealkylation sites (tertiary alicyclic amines) is 1. The average Bonchev–Trinajstić information content (AvgIpc) is 2.48. The maximum atomic E-state index is 12.5. The van der Waals surface area contributed by atoms with Gasteiger partial charge in [0.25, 0.3) is 0 Å². The Labute approximate surface area is 140 Å². The van der Waals surface area contributed by atoms with Crippen molar-refractivity contribution in [2.45, 2.75) is 38.6 Å². The van der Waals surface area contributed by atoms with E-state index in [1.54, 1.807) is 0 Å². The van der Waals surface area contributed by atoms with Crippen LogP contribution < -0.4 is 11.1 Å². The number of nitrogens with one attached hydrogen (secondary N) is 1. The van der Waals surface area contributed by atoms with E-state index in [4.69, 9.17) is 10.5 Å². The Morgan fingerprint density at radius 1 is 1.38 bits per heavy atom. The molecule has 0 aromatic carbocycles. The second-order valence-corrected chi connectivity index (χ2v) is 5.80. The number of amides is 1. The van der Waals surface area contributed by atoms with Crippen LogP contribution in [0.3, 0.4) is 0 Å². The maximum Gasteiger partial charge on any atom is 0.227 e. The van der Waals surface area contributed by atoms with Gasteiger partial charge in [-0.3, -0.25) is 4.79 Å². The van der Waals surface area contributed by atoms with Gasteiger partial charge in [-0.05, 0) is 38.8 Å². The summed E-state index contributed by atoms with van der Waals surface area (Å²) in [6.45, 7) is 7.07. The van der Waals surface area contributed by atoms with E-state index in [9.17, 15) is 4.79 Å².